The zero-order chi connectivity index (χ0) is 7.61. The van der Waals surface area contributed by atoms with Gasteiger partial charge in [0.15, 0.2) is 0 Å². The number of hydrogen-bond donors (Lipinski definition) is 2. The first-order valence-electron chi connectivity index (χ1n) is 4.04. The lowest BCUT2D eigenvalue weighted by Gasteiger charge is -2.19. The van der Waals surface area contributed by atoms with E-state index in [1.165, 1.54) is 12.8 Å². The molecule has 2 heteroatoms. The highest BCUT2D eigenvalue weighted by Gasteiger charge is 2.43. The summed E-state index contributed by atoms with van der Waals surface area (Å²) in [7, 11) is 0. The smallest absolute Gasteiger partial charge is 0.0464 e. The number of aliphatic hydroxyl groups excluding tert-OH is 1. The van der Waals surface area contributed by atoms with Gasteiger partial charge in [-0.1, -0.05) is 6.92 Å². The Kier molecular flexibility index (Phi) is 2.32. The molecule has 1 atom stereocenters. The predicted octanol–water partition coefficient (Wildman–Crippen LogP) is 0.744. The van der Waals surface area contributed by atoms with Crippen LogP contribution in [0.15, 0.2) is 0 Å². The highest BCUT2D eigenvalue weighted by atomic mass is 16.3. The van der Waals surface area contributed by atoms with E-state index in [0.717, 1.165) is 6.42 Å². The molecule has 1 saturated carbocycles. The van der Waals surface area contributed by atoms with Crippen LogP contribution in [-0.4, -0.2) is 18.3 Å². The van der Waals surface area contributed by atoms with E-state index in [-0.39, 0.29) is 0 Å². The highest BCUT2D eigenvalue weighted by Crippen LogP contribution is 2.52. The van der Waals surface area contributed by atoms with Gasteiger partial charge in [0, 0.05) is 6.61 Å². The average molecular weight is 143 g/mol. The van der Waals surface area contributed by atoms with Crippen LogP contribution in [0, 0.1) is 11.3 Å². The molecular weight excluding hydrogens is 126 g/mol. The van der Waals surface area contributed by atoms with Crippen LogP contribution in [0.25, 0.3) is 0 Å². The van der Waals surface area contributed by atoms with Crippen molar-refractivity contribution in [3.05, 3.63) is 0 Å². The summed E-state index contributed by atoms with van der Waals surface area (Å²) in [5.41, 5.74) is 5.86. The van der Waals surface area contributed by atoms with Gasteiger partial charge in [0.1, 0.15) is 0 Å². The van der Waals surface area contributed by atoms with Crippen molar-refractivity contribution >= 4 is 0 Å². The first-order valence-corrected chi connectivity index (χ1v) is 4.04. The van der Waals surface area contributed by atoms with Crippen LogP contribution < -0.4 is 5.73 Å². The molecule has 1 fully saturated rings. The van der Waals surface area contributed by atoms with E-state index in [0.29, 0.717) is 24.5 Å². The lowest BCUT2D eigenvalue weighted by molar-refractivity contribution is 0.164. The van der Waals surface area contributed by atoms with Crippen LogP contribution in [0.5, 0.6) is 0 Å². The number of hydrogen-bond acceptors (Lipinski definition) is 2. The second-order valence-electron chi connectivity index (χ2n) is 3.61. The molecule has 1 rings (SSSR count). The van der Waals surface area contributed by atoms with Crippen molar-refractivity contribution in [3.8, 4) is 0 Å². The van der Waals surface area contributed by atoms with Crippen molar-refractivity contribution in [2.75, 3.05) is 13.2 Å². The van der Waals surface area contributed by atoms with Gasteiger partial charge in [0.2, 0.25) is 0 Å². The van der Waals surface area contributed by atoms with E-state index < -0.39 is 0 Å². The van der Waals surface area contributed by atoms with Crippen LogP contribution in [0.3, 0.4) is 0 Å². The second-order valence-corrected chi connectivity index (χ2v) is 3.61. The molecule has 0 aromatic carbocycles. The van der Waals surface area contributed by atoms with Crippen LogP contribution in [0.1, 0.15) is 26.2 Å². The first kappa shape index (κ1) is 8.02. The fraction of sp³-hybridized carbons (Fsp3) is 1.00. The first-order chi connectivity index (χ1) is 4.73. The Morgan fingerprint density at radius 1 is 1.60 bits per heavy atom. The molecule has 3 N–H and O–H groups in total. The van der Waals surface area contributed by atoms with Crippen LogP contribution in [-0.2, 0) is 0 Å². The number of nitrogens with two attached hydrogens (primary N) is 1. The third kappa shape index (κ3) is 1.50. The summed E-state index contributed by atoms with van der Waals surface area (Å²) >= 11 is 0. The van der Waals surface area contributed by atoms with Crippen molar-refractivity contribution < 1.29 is 5.11 Å². The predicted molar refractivity (Wildman–Crippen MR) is 41.6 cm³/mol. The largest absolute Gasteiger partial charge is 0.396 e. The molecule has 1 aliphatic rings. The molecule has 0 aliphatic heterocycles. The molecular formula is C8H17NO. The molecule has 1 aliphatic carbocycles. The summed E-state index contributed by atoms with van der Waals surface area (Å²) in [6.45, 7) is 3.26. The summed E-state index contributed by atoms with van der Waals surface area (Å²) in [5, 5.41) is 8.98. The Hall–Kier alpha value is -0.0800. The van der Waals surface area contributed by atoms with Gasteiger partial charge in [0.05, 0.1) is 0 Å². The van der Waals surface area contributed by atoms with E-state index in [2.05, 4.69) is 6.92 Å². The van der Waals surface area contributed by atoms with Crippen molar-refractivity contribution in [1.29, 1.82) is 0 Å². The maximum absolute atomic E-state index is 8.98. The standard InChI is InChI=1S/C8H17NO/c1-8(3-4-8)7(6-10)2-5-9/h7,10H,2-6,9H2,1H3. The third-order valence-electron chi connectivity index (χ3n) is 2.76. The van der Waals surface area contributed by atoms with Gasteiger partial charge in [-0.2, -0.15) is 0 Å². The maximum atomic E-state index is 8.98. The lowest BCUT2D eigenvalue weighted by Crippen LogP contribution is -2.20. The molecule has 0 aromatic rings. The number of aliphatic hydroxyl groups is 1. The normalized spacial score (nSPS) is 24.3. The molecule has 2 nitrogen and oxygen atoms in total. The minimum atomic E-state index is 0.313. The Balaban J connectivity index is 2.33. The molecule has 0 amide bonds. The second kappa shape index (κ2) is 2.89. The summed E-state index contributed by atoms with van der Waals surface area (Å²) < 4.78 is 0. The molecule has 0 spiro atoms. The molecule has 10 heavy (non-hydrogen) atoms. The van der Waals surface area contributed by atoms with E-state index >= 15 is 0 Å². The van der Waals surface area contributed by atoms with Gasteiger partial charge in [-0.3, -0.25) is 0 Å². The van der Waals surface area contributed by atoms with Gasteiger partial charge in [-0.25, -0.2) is 0 Å². The molecule has 0 heterocycles. The molecule has 60 valence electrons. The molecule has 1 unspecified atom stereocenters. The van der Waals surface area contributed by atoms with E-state index in [1.54, 1.807) is 0 Å². The van der Waals surface area contributed by atoms with Gasteiger partial charge in [-0.15, -0.1) is 0 Å². The Morgan fingerprint density at radius 3 is 2.50 bits per heavy atom. The van der Waals surface area contributed by atoms with Gasteiger partial charge >= 0.3 is 0 Å². The van der Waals surface area contributed by atoms with Crippen molar-refractivity contribution in [1.82, 2.24) is 0 Å². The van der Waals surface area contributed by atoms with E-state index in [9.17, 15) is 0 Å². The summed E-state index contributed by atoms with van der Waals surface area (Å²) in [5.74, 6) is 0.456. The fourth-order valence-corrected chi connectivity index (χ4v) is 1.47. The fourth-order valence-electron chi connectivity index (χ4n) is 1.47. The molecule has 0 bridgehead atoms. The Morgan fingerprint density at radius 2 is 2.20 bits per heavy atom. The Bertz CT molecular complexity index is 110. The van der Waals surface area contributed by atoms with Crippen LogP contribution in [0.4, 0.5) is 0 Å². The van der Waals surface area contributed by atoms with Crippen LogP contribution in [0.2, 0.25) is 0 Å². The third-order valence-corrected chi connectivity index (χ3v) is 2.76. The SMILES string of the molecule is CC1(C(CO)CCN)CC1. The molecule has 0 saturated heterocycles. The van der Waals surface area contributed by atoms with E-state index in [4.69, 9.17) is 10.8 Å². The van der Waals surface area contributed by atoms with E-state index in [1.807, 2.05) is 0 Å². The zero-order valence-electron chi connectivity index (χ0n) is 6.64. The van der Waals surface area contributed by atoms with Gasteiger partial charge in [-0.05, 0) is 37.1 Å². The maximum Gasteiger partial charge on any atom is 0.0464 e. The van der Waals surface area contributed by atoms with Gasteiger partial charge in [0.25, 0.3) is 0 Å². The van der Waals surface area contributed by atoms with Gasteiger partial charge < -0.3 is 10.8 Å². The average Bonchev–Trinajstić information content (AvgIpc) is 2.64. The van der Waals surface area contributed by atoms with Crippen molar-refractivity contribution in [3.63, 3.8) is 0 Å². The minimum absolute atomic E-state index is 0.313. The van der Waals surface area contributed by atoms with Crippen LogP contribution >= 0.6 is 0 Å². The topological polar surface area (TPSA) is 46.2 Å². The highest BCUT2D eigenvalue weighted by molar-refractivity contribution is 4.94. The summed E-state index contributed by atoms with van der Waals surface area (Å²) in [6.07, 6.45) is 3.53. The minimum Gasteiger partial charge on any atom is -0.396 e. The lowest BCUT2D eigenvalue weighted by atomic mass is 9.89. The molecule has 0 aromatic heterocycles. The molecule has 0 radical (unpaired) electrons. The quantitative estimate of drug-likeness (QED) is 0.610. The zero-order valence-corrected chi connectivity index (χ0v) is 6.64. The monoisotopic (exact) mass is 143 g/mol. The summed E-state index contributed by atoms with van der Waals surface area (Å²) in [4.78, 5) is 0. The van der Waals surface area contributed by atoms with Crippen molar-refractivity contribution in [2.24, 2.45) is 17.1 Å². The Labute approximate surface area is 62.4 Å². The number of rotatable bonds is 4. The van der Waals surface area contributed by atoms with Crippen molar-refractivity contribution in [2.45, 2.75) is 26.2 Å². The summed E-state index contributed by atoms with van der Waals surface area (Å²) in [6, 6.07) is 0.